The third kappa shape index (κ3) is 2.80. The third-order valence-electron chi connectivity index (χ3n) is 5.54. The average molecular weight is 430 g/mol. The Bertz CT molecular complexity index is 1300. The van der Waals surface area contributed by atoms with Crippen LogP contribution in [0.5, 0.6) is 0 Å². The quantitative estimate of drug-likeness (QED) is 0.593. The Morgan fingerprint density at radius 2 is 1.84 bits per heavy atom. The van der Waals surface area contributed by atoms with Gasteiger partial charge in [0.2, 0.25) is 0 Å². The topological polar surface area (TPSA) is 118 Å². The second-order valence-corrected chi connectivity index (χ2v) is 7.66. The van der Waals surface area contributed by atoms with E-state index in [2.05, 4.69) is 4.98 Å². The van der Waals surface area contributed by atoms with Gasteiger partial charge in [-0.3, -0.25) is 4.90 Å². The molecular formula is C23H16ClN5O2. The number of fused-ring (bicyclic) bond motifs is 1. The highest BCUT2D eigenvalue weighted by atomic mass is 35.5. The molecular weight excluding hydrogens is 414 g/mol. The zero-order valence-electron chi connectivity index (χ0n) is 16.2. The number of hydrogen-bond donors (Lipinski definition) is 2. The van der Waals surface area contributed by atoms with Crippen LogP contribution in [-0.4, -0.2) is 17.6 Å². The molecule has 152 valence electrons. The summed E-state index contributed by atoms with van der Waals surface area (Å²) in [5, 5.41) is 10.2. The predicted octanol–water partition coefficient (Wildman–Crippen LogP) is 3.87. The highest BCUT2D eigenvalue weighted by molar-refractivity contribution is 6.30. The number of esters is 1. The van der Waals surface area contributed by atoms with Gasteiger partial charge in [0, 0.05) is 22.2 Å². The fourth-order valence-electron chi connectivity index (χ4n) is 4.19. The molecule has 3 aromatic rings. The van der Waals surface area contributed by atoms with Crippen molar-refractivity contribution in [2.75, 3.05) is 23.0 Å². The molecule has 4 N–H and O–H groups in total. The standard InChI is InChI=1S/C23H16ClN5O2/c24-13-6-8-14(9-7-13)29-16-11-31-23(30)18(16)17(12-4-2-1-3-5-12)19-20(26)15(10-25)21(27)28-22(19)29/h1-9,17H,11H2,(H4,26,27,28). The number of nitrogens with zero attached hydrogens (tertiary/aromatic N) is 3. The van der Waals surface area contributed by atoms with E-state index in [1.54, 1.807) is 17.0 Å². The smallest absolute Gasteiger partial charge is 0.337 e. The van der Waals surface area contributed by atoms with Crippen LogP contribution in [0.4, 0.5) is 23.0 Å². The molecule has 1 unspecified atom stereocenters. The first-order valence-electron chi connectivity index (χ1n) is 9.51. The van der Waals surface area contributed by atoms with Crippen LogP contribution < -0.4 is 16.4 Å². The number of benzene rings is 2. The summed E-state index contributed by atoms with van der Waals surface area (Å²) in [6, 6.07) is 18.6. The Labute approximate surface area is 183 Å². The Kier molecular flexibility index (Phi) is 4.31. The van der Waals surface area contributed by atoms with Crippen molar-refractivity contribution in [2.45, 2.75) is 5.92 Å². The maximum absolute atomic E-state index is 12.9. The van der Waals surface area contributed by atoms with E-state index < -0.39 is 11.9 Å². The zero-order chi connectivity index (χ0) is 21.7. The molecule has 8 heteroatoms. The number of nitrogens with two attached hydrogens (primary N) is 2. The zero-order valence-corrected chi connectivity index (χ0v) is 16.9. The lowest BCUT2D eigenvalue weighted by Crippen LogP contribution is -2.30. The number of halogens is 1. The van der Waals surface area contributed by atoms with Gasteiger partial charge in [-0.1, -0.05) is 41.9 Å². The van der Waals surface area contributed by atoms with Gasteiger partial charge in [0.15, 0.2) is 0 Å². The van der Waals surface area contributed by atoms with Gasteiger partial charge in [-0.15, -0.1) is 0 Å². The molecule has 1 aromatic heterocycles. The van der Waals surface area contributed by atoms with Gasteiger partial charge in [-0.25, -0.2) is 9.78 Å². The highest BCUT2D eigenvalue weighted by Crippen LogP contribution is 2.52. The second kappa shape index (κ2) is 7.04. The van der Waals surface area contributed by atoms with Crippen LogP contribution in [0.15, 0.2) is 65.9 Å². The first-order valence-corrected chi connectivity index (χ1v) is 9.88. The minimum absolute atomic E-state index is 0.0267. The van der Waals surface area contributed by atoms with E-state index in [4.69, 9.17) is 27.8 Å². The number of hydrogen-bond acceptors (Lipinski definition) is 7. The maximum atomic E-state index is 12.9. The predicted molar refractivity (Wildman–Crippen MR) is 118 cm³/mol. The Balaban J connectivity index is 1.88. The van der Waals surface area contributed by atoms with Gasteiger partial charge in [-0.05, 0) is 29.8 Å². The van der Waals surface area contributed by atoms with E-state index in [9.17, 15) is 10.1 Å². The number of aromatic nitrogens is 1. The van der Waals surface area contributed by atoms with Gasteiger partial charge in [0.1, 0.15) is 29.9 Å². The number of carbonyl (C=O) groups is 1. The van der Waals surface area contributed by atoms with Gasteiger partial charge >= 0.3 is 5.97 Å². The summed E-state index contributed by atoms with van der Waals surface area (Å²) in [5.74, 6) is -0.478. The number of anilines is 4. The number of ether oxygens (including phenoxy) is 1. The van der Waals surface area contributed by atoms with Crippen molar-refractivity contribution in [3.05, 3.63) is 87.6 Å². The lowest BCUT2D eigenvalue weighted by molar-refractivity contribution is -0.136. The molecule has 0 saturated heterocycles. The molecule has 0 aliphatic carbocycles. The van der Waals surface area contributed by atoms with Crippen LogP contribution in [0.25, 0.3) is 0 Å². The van der Waals surface area contributed by atoms with E-state index in [1.807, 2.05) is 48.5 Å². The monoisotopic (exact) mass is 429 g/mol. The van der Waals surface area contributed by atoms with Crippen molar-refractivity contribution in [1.82, 2.24) is 4.98 Å². The first-order chi connectivity index (χ1) is 15.0. The maximum Gasteiger partial charge on any atom is 0.337 e. The van der Waals surface area contributed by atoms with E-state index in [0.29, 0.717) is 27.7 Å². The molecule has 0 radical (unpaired) electrons. The van der Waals surface area contributed by atoms with Crippen molar-refractivity contribution >= 4 is 40.6 Å². The summed E-state index contributed by atoms with van der Waals surface area (Å²) in [6.45, 7) is 0.0844. The van der Waals surface area contributed by atoms with E-state index in [1.165, 1.54) is 0 Å². The van der Waals surface area contributed by atoms with Crippen molar-refractivity contribution in [3.63, 3.8) is 0 Å². The molecule has 1 atom stereocenters. The summed E-state index contributed by atoms with van der Waals surface area (Å²) in [4.78, 5) is 19.2. The summed E-state index contributed by atoms with van der Waals surface area (Å²) >= 11 is 6.08. The van der Waals surface area contributed by atoms with Crippen molar-refractivity contribution in [3.8, 4) is 6.07 Å². The number of carbonyl (C=O) groups excluding carboxylic acids is 1. The summed E-state index contributed by atoms with van der Waals surface area (Å²) in [7, 11) is 0. The highest BCUT2D eigenvalue weighted by Gasteiger charge is 2.44. The van der Waals surface area contributed by atoms with Crippen LogP contribution >= 0.6 is 11.6 Å². The molecule has 0 bridgehead atoms. The lowest BCUT2D eigenvalue weighted by Gasteiger charge is -2.35. The fraction of sp³-hybridized carbons (Fsp3) is 0.0870. The molecule has 31 heavy (non-hydrogen) atoms. The number of nitrogen functional groups attached to an aromatic ring is 2. The van der Waals surface area contributed by atoms with Crippen LogP contribution in [-0.2, 0) is 9.53 Å². The molecule has 2 aliphatic heterocycles. The van der Waals surface area contributed by atoms with Crippen molar-refractivity contribution in [2.24, 2.45) is 0 Å². The molecule has 0 fully saturated rings. The second-order valence-electron chi connectivity index (χ2n) is 7.23. The molecule has 2 aliphatic rings. The van der Waals surface area contributed by atoms with Crippen LogP contribution in [0.3, 0.4) is 0 Å². The largest absolute Gasteiger partial charge is 0.456 e. The summed E-state index contributed by atoms with van der Waals surface area (Å²) in [6.07, 6.45) is 0. The van der Waals surface area contributed by atoms with Gasteiger partial charge in [0.25, 0.3) is 0 Å². The van der Waals surface area contributed by atoms with Gasteiger partial charge in [0.05, 0.1) is 17.0 Å². The molecule has 7 nitrogen and oxygen atoms in total. The van der Waals surface area contributed by atoms with E-state index in [0.717, 1.165) is 11.3 Å². The Morgan fingerprint density at radius 1 is 1.13 bits per heavy atom. The number of pyridine rings is 1. The SMILES string of the molecule is N#Cc1c(N)nc2c(c1N)C(c1ccccc1)C1=C(COC1=O)N2c1ccc(Cl)cc1. The normalized spacial score (nSPS) is 17.1. The first kappa shape index (κ1) is 19.0. The summed E-state index contributed by atoms with van der Waals surface area (Å²) < 4.78 is 5.44. The average Bonchev–Trinajstić information content (AvgIpc) is 3.15. The number of nitriles is 1. The number of rotatable bonds is 2. The van der Waals surface area contributed by atoms with Crippen LogP contribution in [0.2, 0.25) is 5.02 Å². The molecule has 0 saturated carbocycles. The van der Waals surface area contributed by atoms with Crippen LogP contribution in [0.1, 0.15) is 22.6 Å². The molecule has 0 amide bonds. The van der Waals surface area contributed by atoms with Gasteiger partial charge in [-0.2, -0.15) is 5.26 Å². The minimum Gasteiger partial charge on any atom is -0.456 e. The fourth-order valence-corrected chi connectivity index (χ4v) is 4.32. The molecule has 2 aromatic carbocycles. The molecule has 3 heterocycles. The lowest BCUT2D eigenvalue weighted by atomic mass is 9.80. The molecule has 5 rings (SSSR count). The molecule has 0 spiro atoms. The minimum atomic E-state index is -0.537. The van der Waals surface area contributed by atoms with E-state index in [-0.39, 0.29) is 23.7 Å². The Hall–Kier alpha value is -4.02. The van der Waals surface area contributed by atoms with Crippen molar-refractivity contribution < 1.29 is 9.53 Å². The number of cyclic esters (lactones) is 1. The van der Waals surface area contributed by atoms with Gasteiger partial charge < -0.3 is 16.2 Å². The Morgan fingerprint density at radius 3 is 2.52 bits per heavy atom. The van der Waals surface area contributed by atoms with E-state index >= 15 is 0 Å². The van der Waals surface area contributed by atoms with Crippen molar-refractivity contribution in [1.29, 1.82) is 5.26 Å². The third-order valence-corrected chi connectivity index (χ3v) is 5.79. The summed E-state index contributed by atoms with van der Waals surface area (Å²) in [5.41, 5.74) is 16.1. The van der Waals surface area contributed by atoms with Crippen LogP contribution in [0, 0.1) is 11.3 Å².